The Hall–Kier alpha value is -0.840. The Labute approximate surface area is 138 Å². The van der Waals surface area contributed by atoms with Gasteiger partial charge < -0.3 is 10.2 Å². The van der Waals surface area contributed by atoms with Crippen LogP contribution < -0.4 is 5.32 Å². The second-order valence-electron chi connectivity index (χ2n) is 5.75. The third-order valence-electron chi connectivity index (χ3n) is 4.20. The van der Waals surface area contributed by atoms with Gasteiger partial charge in [-0.2, -0.15) is 0 Å². The summed E-state index contributed by atoms with van der Waals surface area (Å²) in [6.07, 6.45) is 5.86. The summed E-state index contributed by atoms with van der Waals surface area (Å²) in [4.78, 5) is 18.6. The van der Waals surface area contributed by atoms with Gasteiger partial charge in [-0.1, -0.05) is 6.07 Å². The summed E-state index contributed by atoms with van der Waals surface area (Å²) in [6, 6.07) is 5.10. The highest BCUT2D eigenvalue weighted by molar-refractivity contribution is 5.85. The number of pyridine rings is 1. The first-order chi connectivity index (χ1) is 9.20. The van der Waals surface area contributed by atoms with Crippen molar-refractivity contribution in [1.82, 2.24) is 15.2 Å². The number of fused-ring (bicyclic) bond motifs is 2. The fraction of sp³-hybridized carbons (Fsp3) is 0.600. The molecule has 2 aliphatic rings. The topological polar surface area (TPSA) is 45.2 Å². The average molecular weight is 332 g/mol. The molecule has 2 fully saturated rings. The molecule has 2 atom stereocenters. The first-order valence-electron chi connectivity index (χ1n) is 7.16. The molecular formula is C15H23Cl2N3O. The first kappa shape index (κ1) is 18.2. The number of hydrogen-bond acceptors (Lipinski definition) is 3. The summed E-state index contributed by atoms with van der Waals surface area (Å²) in [5.41, 5.74) is 2.01. The van der Waals surface area contributed by atoms with Crippen LogP contribution in [0, 0.1) is 6.92 Å². The van der Waals surface area contributed by atoms with Crippen LogP contribution in [0.3, 0.4) is 0 Å². The van der Waals surface area contributed by atoms with Crippen LogP contribution in [-0.2, 0) is 11.2 Å². The first-order valence-corrected chi connectivity index (χ1v) is 7.16. The zero-order valence-corrected chi connectivity index (χ0v) is 13.9. The van der Waals surface area contributed by atoms with Crippen LogP contribution in [0.15, 0.2) is 18.3 Å². The molecule has 0 radical (unpaired) electrons. The fourth-order valence-electron chi connectivity index (χ4n) is 3.06. The van der Waals surface area contributed by atoms with Crippen molar-refractivity contribution in [1.29, 1.82) is 0 Å². The minimum Gasteiger partial charge on any atom is -0.341 e. The standard InChI is InChI=1S/C15H21N3O.2ClH/c1-11-2-3-12(9-16-11)8-15(19)18-7-6-13-4-5-14(10-18)17-13;;/h2-3,9,13-14,17H,4-8,10H2,1H3;2*1H. The molecule has 0 spiro atoms. The van der Waals surface area contributed by atoms with Crippen molar-refractivity contribution < 1.29 is 4.79 Å². The highest BCUT2D eigenvalue weighted by Crippen LogP contribution is 2.20. The molecule has 1 aromatic heterocycles. The molecule has 1 amide bonds. The van der Waals surface area contributed by atoms with Crippen molar-refractivity contribution >= 4 is 30.7 Å². The van der Waals surface area contributed by atoms with E-state index in [9.17, 15) is 4.79 Å². The third-order valence-corrected chi connectivity index (χ3v) is 4.20. The van der Waals surface area contributed by atoms with Crippen molar-refractivity contribution in [3.05, 3.63) is 29.6 Å². The van der Waals surface area contributed by atoms with Crippen molar-refractivity contribution in [2.45, 2.75) is 44.7 Å². The fourth-order valence-corrected chi connectivity index (χ4v) is 3.06. The van der Waals surface area contributed by atoms with E-state index in [0.29, 0.717) is 18.5 Å². The van der Waals surface area contributed by atoms with Crippen LogP contribution >= 0.6 is 24.8 Å². The molecule has 1 aromatic rings. The number of nitrogens with one attached hydrogen (secondary N) is 1. The number of halogens is 2. The van der Waals surface area contributed by atoms with Gasteiger partial charge in [-0.05, 0) is 37.8 Å². The molecule has 0 saturated carbocycles. The molecule has 1 N–H and O–H groups in total. The van der Waals surface area contributed by atoms with Crippen molar-refractivity contribution in [3.63, 3.8) is 0 Å². The lowest BCUT2D eigenvalue weighted by Gasteiger charge is -2.24. The van der Waals surface area contributed by atoms with Gasteiger partial charge in [-0.25, -0.2) is 0 Å². The van der Waals surface area contributed by atoms with Gasteiger partial charge in [0, 0.05) is 37.1 Å². The molecule has 0 aliphatic carbocycles. The van der Waals surface area contributed by atoms with Gasteiger partial charge in [0.2, 0.25) is 5.91 Å². The normalized spacial score (nSPS) is 23.8. The van der Waals surface area contributed by atoms with Crippen LogP contribution in [0.5, 0.6) is 0 Å². The van der Waals surface area contributed by atoms with Gasteiger partial charge in [0.05, 0.1) is 6.42 Å². The Balaban J connectivity index is 0.00000110. The molecule has 2 saturated heterocycles. The van der Waals surface area contributed by atoms with E-state index in [2.05, 4.69) is 10.3 Å². The van der Waals surface area contributed by atoms with Gasteiger partial charge >= 0.3 is 0 Å². The van der Waals surface area contributed by atoms with Crippen LogP contribution in [0.1, 0.15) is 30.5 Å². The lowest BCUT2D eigenvalue weighted by molar-refractivity contribution is -0.130. The molecule has 3 heterocycles. The van der Waals surface area contributed by atoms with Crippen LogP contribution in [0.4, 0.5) is 0 Å². The summed E-state index contributed by atoms with van der Waals surface area (Å²) in [6.45, 7) is 3.73. The predicted molar refractivity (Wildman–Crippen MR) is 88.3 cm³/mol. The summed E-state index contributed by atoms with van der Waals surface area (Å²) < 4.78 is 0. The summed E-state index contributed by atoms with van der Waals surface area (Å²) in [7, 11) is 0. The zero-order valence-electron chi connectivity index (χ0n) is 12.2. The number of aromatic nitrogens is 1. The number of rotatable bonds is 2. The molecule has 2 bridgehead atoms. The molecular weight excluding hydrogens is 309 g/mol. The van der Waals surface area contributed by atoms with E-state index < -0.39 is 0 Å². The average Bonchev–Trinajstić information content (AvgIpc) is 2.71. The highest BCUT2D eigenvalue weighted by Gasteiger charge is 2.30. The smallest absolute Gasteiger partial charge is 0.227 e. The number of amides is 1. The van der Waals surface area contributed by atoms with E-state index in [1.165, 1.54) is 12.8 Å². The highest BCUT2D eigenvalue weighted by atomic mass is 35.5. The quantitative estimate of drug-likeness (QED) is 0.902. The molecule has 21 heavy (non-hydrogen) atoms. The predicted octanol–water partition coefficient (Wildman–Crippen LogP) is 2.13. The van der Waals surface area contributed by atoms with E-state index >= 15 is 0 Å². The van der Waals surface area contributed by atoms with Gasteiger partial charge in [-0.3, -0.25) is 9.78 Å². The minimum absolute atomic E-state index is 0. The molecule has 118 valence electrons. The maximum Gasteiger partial charge on any atom is 0.227 e. The second kappa shape index (κ2) is 7.97. The number of carbonyl (C=O) groups excluding carboxylic acids is 1. The van der Waals surface area contributed by atoms with Crippen molar-refractivity contribution in [3.8, 4) is 0 Å². The zero-order chi connectivity index (χ0) is 13.2. The van der Waals surface area contributed by atoms with E-state index in [1.54, 1.807) is 0 Å². The second-order valence-corrected chi connectivity index (χ2v) is 5.75. The van der Waals surface area contributed by atoms with E-state index in [-0.39, 0.29) is 30.7 Å². The Morgan fingerprint density at radius 2 is 2.05 bits per heavy atom. The number of aryl methyl sites for hydroxylation is 1. The van der Waals surface area contributed by atoms with Crippen molar-refractivity contribution in [2.24, 2.45) is 0 Å². The SMILES string of the molecule is Cc1ccc(CC(=O)N2CCC3CCC(C2)N3)cn1.Cl.Cl. The Bertz CT molecular complexity index is 466. The van der Waals surface area contributed by atoms with Crippen LogP contribution in [0.25, 0.3) is 0 Å². The Morgan fingerprint density at radius 3 is 2.76 bits per heavy atom. The number of carbonyl (C=O) groups is 1. The van der Waals surface area contributed by atoms with Crippen LogP contribution in [0.2, 0.25) is 0 Å². The monoisotopic (exact) mass is 331 g/mol. The summed E-state index contributed by atoms with van der Waals surface area (Å²) in [5, 5.41) is 3.60. The maximum atomic E-state index is 12.4. The van der Waals surface area contributed by atoms with E-state index in [0.717, 1.165) is 30.8 Å². The van der Waals surface area contributed by atoms with Crippen LogP contribution in [-0.4, -0.2) is 41.0 Å². The molecule has 3 rings (SSSR count). The molecule has 2 aliphatic heterocycles. The van der Waals surface area contributed by atoms with Gasteiger partial charge in [0.1, 0.15) is 0 Å². The van der Waals surface area contributed by atoms with Crippen molar-refractivity contribution in [2.75, 3.05) is 13.1 Å². The van der Waals surface area contributed by atoms with Gasteiger partial charge in [0.15, 0.2) is 0 Å². The minimum atomic E-state index is 0. The molecule has 0 aromatic carbocycles. The Kier molecular flexibility index (Phi) is 6.91. The summed E-state index contributed by atoms with van der Waals surface area (Å²) in [5.74, 6) is 0.236. The molecule has 2 unspecified atom stereocenters. The number of likely N-dealkylation sites (tertiary alicyclic amines) is 1. The van der Waals surface area contributed by atoms with E-state index in [4.69, 9.17) is 0 Å². The van der Waals surface area contributed by atoms with Gasteiger partial charge in [-0.15, -0.1) is 24.8 Å². The maximum absolute atomic E-state index is 12.4. The van der Waals surface area contributed by atoms with E-state index in [1.807, 2.05) is 30.2 Å². The summed E-state index contributed by atoms with van der Waals surface area (Å²) >= 11 is 0. The lowest BCUT2D eigenvalue weighted by Crippen LogP contribution is -2.39. The lowest BCUT2D eigenvalue weighted by atomic mass is 10.1. The molecule has 4 nitrogen and oxygen atoms in total. The third kappa shape index (κ3) is 4.56. The Morgan fingerprint density at radius 1 is 1.29 bits per heavy atom. The largest absolute Gasteiger partial charge is 0.341 e. The number of hydrogen-bond donors (Lipinski definition) is 1. The number of nitrogens with zero attached hydrogens (tertiary/aromatic N) is 2. The molecule has 6 heteroatoms. The van der Waals surface area contributed by atoms with Gasteiger partial charge in [0.25, 0.3) is 0 Å².